The summed E-state index contributed by atoms with van der Waals surface area (Å²) in [4.78, 5) is 52.2. The fraction of sp³-hybridized carbons (Fsp3) is 0.304. The molecule has 0 fully saturated rings. The number of hydrogen-bond acceptors (Lipinski definition) is 6. The lowest BCUT2D eigenvalue weighted by Gasteiger charge is -2.22. The predicted molar refractivity (Wildman–Crippen MR) is 119 cm³/mol. The largest absolute Gasteiger partial charge is 0.467 e. The number of rotatable bonds is 5. The second-order valence-electron chi connectivity index (χ2n) is 8.21. The standard InChI is InChI=1S/C23H25N3O6/c1-23(2,3)32-22(30)25-18(20(28)31-4)13-14-9-11-15(12-10-14)26-19(27)16-7-5-6-8-17(16)24-21(26)29/h5-12,18H,13H2,1-4H3,(H,24,29)(H,25,30)/t18-/m0/s1. The summed E-state index contributed by atoms with van der Waals surface area (Å²) in [6, 6.07) is 12.3. The third-order valence-electron chi connectivity index (χ3n) is 4.62. The number of aromatic nitrogens is 2. The minimum absolute atomic E-state index is 0.134. The number of carbonyl (C=O) groups excluding carboxylic acids is 2. The van der Waals surface area contributed by atoms with Gasteiger partial charge in [0.1, 0.15) is 11.6 Å². The van der Waals surface area contributed by atoms with Gasteiger partial charge in [-0.15, -0.1) is 0 Å². The third-order valence-corrected chi connectivity index (χ3v) is 4.62. The Hall–Kier alpha value is -3.88. The monoisotopic (exact) mass is 439 g/mol. The predicted octanol–water partition coefficient (Wildman–Crippen LogP) is 2.29. The highest BCUT2D eigenvalue weighted by Crippen LogP contribution is 2.12. The number of alkyl carbamates (subject to hydrolysis) is 1. The molecule has 1 heterocycles. The van der Waals surface area contributed by atoms with Gasteiger partial charge < -0.3 is 19.8 Å². The van der Waals surface area contributed by atoms with Crippen molar-refractivity contribution in [2.75, 3.05) is 7.11 Å². The number of aromatic amines is 1. The summed E-state index contributed by atoms with van der Waals surface area (Å²) in [5.74, 6) is -0.623. The molecule has 0 aliphatic heterocycles. The summed E-state index contributed by atoms with van der Waals surface area (Å²) in [6.45, 7) is 5.15. The molecule has 0 saturated carbocycles. The van der Waals surface area contributed by atoms with Gasteiger partial charge in [0, 0.05) is 6.42 Å². The van der Waals surface area contributed by atoms with Crippen molar-refractivity contribution < 1.29 is 19.1 Å². The molecule has 168 valence electrons. The lowest BCUT2D eigenvalue weighted by atomic mass is 10.1. The Kier molecular flexibility index (Phi) is 6.47. The van der Waals surface area contributed by atoms with Crippen LogP contribution in [0.15, 0.2) is 58.1 Å². The molecule has 3 rings (SSSR count). The van der Waals surface area contributed by atoms with Gasteiger partial charge in [-0.2, -0.15) is 0 Å². The van der Waals surface area contributed by atoms with Crippen LogP contribution in [0.1, 0.15) is 26.3 Å². The second kappa shape index (κ2) is 9.09. The summed E-state index contributed by atoms with van der Waals surface area (Å²) < 4.78 is 11.0. The number of fused-ring (bicyclic) bond motifs is 1. The van der Waals surface area contributed by atoms with E-state index in [1.165, 1.54) is 7.11 Å². The van der Waals surface area contributed by atoms with E-state index in [9.17, 15) is 19.2 Å². The first-order valence-corrected chi connectivity index (χ1v) is 10.00. The molecule has 3 aromatic rings. The molecule has 1 atom stereocenters. The van der Waals surface area contributed by atoms with Crippen molar-refractivity contribution in [2.45, 2.75) is 38.8 Å². The van der Waals surface area contributed by atoms with Crippen LogP contribution in [-0.2, 0) is 20.7 Å². The Morgan fingerprint density at radius 1 is 1.06 bits per heavy atom. The molecule has 1 aromatic heterocycles. The Morgan fingerprint density at radius 2 is 1.72 bits per heavy atom. The molecule has 1 amide bonds. The van der Waals surface area contributed by atoms with E-state index in [0.717, 1.165) is 4.57 Å². The zero-order valence-electron chi connectivity index (χ0n) is 18.3. The highest BCUT2D eigenvalue weighted by atomic mass is 16.6. The van der Waals surface area contributed by atoms with Gasteiger partial charge in [-0.1, -0.05) is 24.3 Å². The van der Waals surface area contributed by atoms with E-state index < -0.39 is 35.0 Å². The Balaban J connectivity index is 1.85. The van der Waals surface area contributed by atoms with Crippen molar-refractivity contribution in [1.82, 2.24) is 14.9 Å². The van der Waals surface area contributed by atoms with Gasteiger partial charge in [0.25, 0.3) is 5.56 Å². The minimum Gasteiger partial charge on any atom is -0.467 e. The first-order chi connectivity index (χ1) is 15.1. The third kappa shape index (κ3) is 5.23. The van der Waals surface area contributed by atoms with E-state index in [-0.39, 0.29) is 6.42 Å². The number of benzene rings is 2. The molecule has 9 nitrogen and oxygen atoms in total. The molecular formula is C23H25N3O6. The number of nitrogens with one attached hydrogen (secondary N) is 2. The molecule has 2 aromatic carbocycles. The van der Waals surface area contributed by atoms with Crippen molar-refractivity contribution in [3.05, 3.63) is 74.9 Å². The number of esters is 1. The number of nitrogens with zero attached hydrogens (tertiary/aromatic N) is 1. The van der Waals surface area contributed by atoms with E-state index in [0.29, 0.717) is 22.2 Å². The molecule has 9 heteroatoms. The summed E-state index contributed by atoms with van der Waals surface area (Å²) >= 11 is 0. The number of ether oxygens (including phenoxy) is 2. The van der Waals surface area contributed by atoms with E-state index >= 15 is 0 Å². The summed E-state index contributed by atoms with van der Waals surface area (Å²) in [7, 11) is 1.23. The van der Waals surface area contributed by atoms with Gasteiger partial charge in [0.2, 0.25) is 0 Å². The van der Waals surface area contributed by atoms with Crippen LogP contribution in [-0.4, -0.2) is 40.4 Å². The van der Waals surface area contributed by atoms with Crippen LogP contribution in [0.2, 0.25) is 0 Å². The highest BCUT2D eigenvalue weighted by molar-refractivity contribution is 5.81. The summed E-state index contributed by atoms with van der Waals surface area (Å²) in [5.41, 5.74) is -0.181. The average molecular weight is 439 g/mol. The first kappa shape index (κ1) is 22.8. The molecule has 0 saturated heterocycles. The molecule has 0 spiro atoms. The average Bonchev–Trinajstić information content (AvgIpc) is 2.72. The van der Waals surface area contributed by atoms with Gasteiger partial charge in [0.15, 0.2) is 0 Å². The van der Waals surface area contributed by atoms with Crippen LogP contribution < -0.4 is 16.6 Å². The maximum Gasteiger partial charge on any atom is 0.408 e. The normalized spacial score (nSPS) is 12.2. The van der Waals surface area contributed by atoms with Gasteiger partial charge in [0.05, 0.1) is 23.7 Å². The molecule has 2 N–H and O–H groups in total. The first-order valence-electron chi connectivity index (χ1n) is 10.00. The lowest BCUT2D eigenvalue weighted by Crippen LogP contribution is -2.45. The van der Waals surface area contributed by atoms with Crippen LogP contribution >= 0.6 is 0 Å². The maximum atomic E-state index is 12.8. The fourth-order valence-electron chi connectivity index (χ4n) is 3.20. The van der Waals surface area contributed by atoms with Crippen LogP contribution in [0.25, 0.3) is 16.6 Å². The van der Waals surface area contributed by atoms with Gasteiger partial charge in [-0.25, -0.2) is 19.0 Å². The number of para-hydroxylation sites is 1. The molecular weight excluding hydrogens is 414 g/mol. The molecule has 0 aliphatic rings. The SMILES string of the molecule is COC(=O)[C@H](Cc1ccc(-n2c(=O)[nH]c3ccccc3c2=O)cc1)NC(=O)OC(C)(C)C. The second-order valence-corrected chi connectivity index (χ2v) is 8.21. The maximum absolute atomic E-state index is 12.8. The van der Waals surface area contributed by atoms with Crippen molar-refractivity contribution in [1.29, 1.82) is 0 Å². The van der Waals surface area contributed by atoms with E-state index in [1.54, 1.807) is 69.3 Å². The number of amides is 1. The van der Waals surface area contributed by atoms with Crippen LogP contribution in [0.4, 0.5) is 4.79 Å². The molecule has 0 radical (unpaired) electrons. The van der Waals surface area contributed by atoms with Gasteiger partial charge in [-0.05, 0) is 50.6 Å². The van der Waals surface area contributed by atoms with Crippen LogP contribution in [0, 0.1) is 0 Å². The topological polar surface area (TPSA) is 119 Å². The lowest BCUT2D eigenvalue weighted by molar-refractivity contribution is -0.143. The van der Waals surface area contributed by atoms with E-state index in [4.69, 9.17) is 9.47 Å². The number of carbonyl (C=O) groups is 2. The zero-order chi connectivity index (χ0) is 23.5. The van der Waals surface area contributed by atoms with Crippen molar-refractivity contribution in [3.63, 3.8) is 0 Å². The Labute approximate surface area is 184 Å². The smallest absolute Gasteiger partial charge is 0.408 e. The van der Waals surface area contributed by atoms with Gasteiger partial charge in [-0.3, -0.25) is 4.79 Å². The molecule has 0 unspecified atom stereocenters. The number of methoxy groups -OCH3 is 1. The molecule has 0 bridgehead atoms. The van der Waals surface area contributed by atoms with E-state index in [2.05, 4.69) is 10.3 Å². The van der Waals surface area contributed by atoms with Crippen molar-refractivity contribution in [3.8, 4) is 5.69 Å². The minimum atomic E-state index is -0.965. The Morgan fingerprint density at radius 3 is 2.34 bits per heavy atom. The summed E-state index contributed by atoms with van der Waals surface area (Å²) in [6.07, 6.45) is -0.603. The molecule has 0 aliphatic carbocycles. The van der Waals surface area contributed by atoms with Crippen LogP contribution in [0.3, 0.4) is 0 Å². The van der Waals surface area contributed by atoms with Crippen molar-refractivity contribution >= 4 is 23.0 Å². The Bertz CT molecular complexity index is 1250. The number of hydrogen-bond donors (Lipinski definition) is 2. The van der Waals surface area contributed by atoms with E-state index in [1.807, 2.05) is 0 Å². The van der Waals surface area contributed by atoms with Crippen molar-refractivity contribution in [2.24, 2.45) is 0 Å². The van der Waals surface area contributed by atoms with Gasteiger partial charge >= 0.3 is 17.8 Å². The highest BCUT2D eigenvalue weighted by Gasteiger charge is 2.25. The summed E-state index contributed by atoms with van der Waals surface area (Å²) in [5, 5.41) is 2.90. The number of H-pyrrole nitrogens is 1. The molecule has 32 heavy (non-hydrogen) atoms. The fourth-order valence-corrected chi connectivity index (χ4v) is 3.20. The zero-order valence-corrected chi connectivity index (χ0v) is 18.3. The quantitative estimate of drug-likeness (QED) is 0.589. The van der Waals surface area contributed by atoms with Crippen LogP contribution in [0.5, 0.6) is 0 Å².